The van der Waals surface area contributed by atoms with E-state index >= 15 is 0 Å². The average Bonchev–Trinajstić information content (AvgIpc) is 2.49. The molecule has 0 aliphatic carbocycles. The average molecular weight is 370 g/mol. The Hall–Kier alpha value is -1.40. The number of amides is 1. The summed E-state index contributed by atoms with van der Waals surface area (Å²) in [5.41, 5.74) is 0.552. The summed E-state index contributed by atoms with van der Waals surface area (Å²) in [7, 11) is 1.49. The molecular formula is C16H20BrNO4. The molecule has 1 fully saturated rings. The van der Waals surface area contributed by atoms with Gasteiger partial charge in [-0.1, -0.05) is 15.9 Å². The van der Waals surface area contributed by atoms with Crippen molar-refractivity contribution in [2.45, 2.75) is 19.8 Å². The van der Waals surface area contributed by atoms with Crippen LogP contribution >= 0.6 is 15.9 Å². The minimum absolute atomic E-state index is 0.117. The summed E-state index contributed by atoms with van der Waals surface area (Å²) in [6.07, 6.45) is 1.19. The van der Waals surface area contributed by atoms with Gasteiger partial charge in [-0.3, -0.25) is 9.59 Å². The van der Waals surface area contributed by atoms with Gasteiger partial charge in [-0.05, 0) is 43.5 Å². The number of aryl methyl sites for hydroxylation is 1. The normalized spacial score (nSPS) is 21.7. The molecule has 1 aliphatic heterocycles. The van der Waals surface area contributed by atoms with Crippen LogP contribution in [0.1, 0.15) is 28.8 Å². The number of aliphatic carboxylic acids is 1. The molecule has 1 aromatic carbocycles. The molecule has 5 nitrogen and oxygen atoms in total. The van der Waals surface area contributed by atoms with Crippen LogP contribution in [-0.4, -0.2) is 48.7 Å². The Bertz CT molecular complexity index is 586. The highest BCUT2D eigenvalue weighted by molar-refractivity contribution is 9.10. The van der Waals surface area contributed by atoms with Crippen molar-refractivity contribution in [1.82, 2.24) is 4.90 Å². The van der Waals surface area contributed by atoms with Crippen LogP contribution in [0.25, 0.3) is 0 Å². The molecule has 1 amide bonds. The molecule has 22 heavy (non-hydrogen) atoms. The number of hydrogen-bond acceptors (Lipinski definition) is 3. The lowest BCUT2D eigenvalue weighted by Crippen LogP contribution is -2.52. The fourth-order valence-corrected chi connectivity index (χ4v) is 3.14. The van der Waals surface area contributed by atoms with Crippen molar-refractivity contribution >= 4 is 27.8 Å². The van der Waals surface area contributed by atoms with Gasteiger partial charge in [0, 0.05) is 30.2 Å². The number of carboxylic acids is 1. The third kappa shape index (κ3) is 3.33. The second-order valence-corrected chi connectivity index (χ2v) is 6.67. The topological polar surface area (TPSA) is 66.8 Å². The monoisotopic (exact) mass is 369 g/mol. The quantitative estimate of drug-likeness (QED) is 0.885. The van der Waals surface area contributed by atoms with E-state index in [9.17, 15) is 14.7 Å². The number of rotatable bonds is 4. The van der Waals surface area contributed by atoms with Gasteiger partial charge in [0.25, 0.3) is 5.91 Å². The highest BCUT2D eigenvalue weighted by atomic mass is 79.9. The zero-order chi connectivity index (χ0) is 16.3. The number of likely N-dealkylation sites (tertiary alicyclic amines) is 1. The van der Waals surface area contributed by atoms with Crippen molar-refractivity contribution in [2.24, 2.45) is 5.41 Å². The molecule has 6 heteroatoms. The van der Waals surface area contributed by atoms with Crippen LogP contribution in [0.5, 0.6) is 0 Å². The summed E-state index contributed by atoms with van der Waals surface area (Å²) < 4.78 is 6.04. The lowest BCUT2D eigenvalue weighted by atomic mass is 9.80. The van der Waals surface area contributed by atoms with E-state index < -0.39 is 11.4 Å². The SMILES string of the molecule is COCC1(C(=O)O)CCCN(C(=O)c2ccc(Br)c(C)c2)C1. The summed E-state index contributed by atoms with van der Waals surface area (Å²) in [4.78, 5) is 25.9. The van der Waals surface area contributed by atoms with Crippen LogP contribution in [-0.2, 0) is 9.53 Å². The maximum atomic E-state index is 12.7. The molecule has 1 unspecified atom stereocenters. The first kappa shape index (κ1) is 17.0. The second-order valence-electron chi connectivity index (χ2n) is 5.81. The zero-order valence-electron chi connectivity index (χ0n) is 12.8. The molecule has 1 N–H and O–H groups in total. The maximum Gasteiger partial charge on any atom is 0.313 e. The predicted octanol–water partition coefficient (Wildman–Crippen LogP) is 2.71. The summed E-state index contributed by atoms with van der Waals surface area (Å²) in [5.74, 6) is -1.03. The van der Waals surface area contributed by atoms with Crippen LogP contribution in [0, 0.1) is 12.3 Å². The molecular weight excluding hydrogens is 350 g/mol. The van der Waals surface area contributed by atoms with Crippen LogP contribution in [0.2, 0.25) is 0 Å². The van der Waals surface area contributed by atoms with Crippen molar-refractivity contribution < 1.29 is 19.4 Å². The number of halogens is 1. The van der Waals surface area contributed by atoms with Gasteiger partial charge in [0.1, 0.15) is 5.41 Å². The van der Waals surface area contributed by atoms with Gasteiger partial charge in [-0.2, -0.15) is 0 Å². The van der Waals surface area contributed by atoms with E-state index in [2.05, 4.69) is 15.9 Å². The van der Waals surface area contributed by atoms with Crippen LogP contribution in [0.15, 0.2) is 22.7 Å². The van der Waals surface area contributed by atoms with Crippen LogP contribution < -0.4 is 0 Å². The highest BCUT2D eigenvalue weighted by Crippen LogP contribution is 2.32. The Morgan fingerprint density at radius 2 is 2.18 bits per heavy atom. The van der Waals surface area contributed by atoms with E-state index in [4.69, 9.17) is 4.74 Å². The van der Waals surface area contributed by atoms with E-state index in [1.54, 1.807) is 11.0 Å². The first-order valence-electron chi connectivity index (χ1n) is 7.17. The van der Waals surface area contributed by atoms with E-state index in [-0.39, 0.29) is 19.1 Å². The maximum absolute atomic E-state index is 12.7. The summed E-state index contributed by atoms with van der Waals surface area (Å²) >= 11 is 3.41. The number of methoxy groups -OCH3 is 1. The Labute approximate surface area is 138 Å². The zero-order valence-corrected chi connectivity index (χ0v) is 14.4. The lowest BCUT2D eigenvalue weighted by molar-refractivity contribution is -0.155. The molecule has 0 aromatic heterocycles. The van der Waals surface area contributed by atoms with Gasteiger partial charge in [0.05, 0.1) is 6.61 Å². The van der Waals surface area contributed by atoms with Gasteiger partial charge in [0.2, 0.25) is 0 Å². The summed E-state index contributed by atoms with van der Waals surface area (Å²) in [6, 6.07) is 5.42. The third-order valence-electron chi connectivity index (χ3n) is 4.14. The van der Waals surface area contributed by atoms with Crippen molar-refractivity contribution in [3.63, 3.8) is 0 Å². The van der Waals surface area contributed by atoms with Crippen molar-refractivity contribution in [3.05, 3.63) is 33.8 Å². The molecule has 1 aliphatic rings. The molecule has 120 valence electrons. The second kappa shape index (κ2) is 6.79. The minimum Gasteiger partial charge on any atom is -0.481 e. The predicted molar refractivity (Wildman–Crippen MR) is 86.0 cm³/mol. The molecule has 0 radical (unpaired) electrons. The molecule has 0 bridgehead atoms. The van der Waals surface area contributed by atoms with E-state index in [0.29, 0.717) is 24.9 Å². The fourth-order valence-electron chi connectivity index (χ4n) is 2.90. The van der Waals surface area contributed by atoms with Crippen LogP contribution in [0.4, 0.5) is 0 Å². The van der Waals surface area contributed by atoms with Crippen molar-refractivity contribution in [3.8, 4) is 0 Å². The fraction of sp³-hybridized carbons (Fsp3) is 0.500. The molecule has 1 saturated heterocycles. The lowest BCUT2D eigenvalue weighted by Gasteiger charge is -2.39. The number of carbonyl (C=O) groups excluding carboxylic acids is 1. The molecule has 1 heterocycles. The van der Waals surface area contributed by atoms with Crippen molar-refractivity contribution in [1.29, 1.82) is 0 Å². The summed E-state index contributed by atoms with van der Waals surface area (Å²) in [6.45, 7) is 2.80. The number of carboxylic acid groups (broad SMARTS) is 1. The molecule has 2 rings (SSSR count). The van der Waals surface area contributed by atoms with Gasteiger partial charge in [-0.15, -0.1) is 0 Å². The van der Waals surface area contributed by atoms with Gasteiger partial charge in [0.15, 0.2) is 0 Å². The molecule has 1 aromatic rings. The number of ether oxygens (including phenoxy) is 1. The van der Waals surface area contributed by atoms with E-state index in [1.165, 1.54) is 7.11 Å². The highest BCUT2D eigenvalue weighted by Gasteiger charge is 2.44. The Kier molecular flexibility index (Phi) is 5.24. The number of carbonyl (C=O) groups is 2. The summed E-state index contributed by atoms with van der Waals surface area (Å²) in [5, 5.41) is 9.55. The van der Waals surface area contributed by atoms with Crippen LogP contribution in [0.3, 0.4) is 0 Å². The Morgan fingerprint density at radius 3 is 2.77 bits per heavy atom. The number of piperidine rings is 1. The Morgan fingerprint density at radius 1 is 1.45 bits per heavy atom. The number of nitrogens with zero attached hydrogens (tertiary/aromatic N) is 1. The molecule has 0 saturated carbocycles. The van der Waals surface area contributed by atoms with Gasteiger partial charge in [-0.25, -0.2) is 0 Å². The van der Waals surface area contributed by atoms with Crippen molar-refractivity contribution in [2.75, 3.05) is 26.8 Å². The smallest absolute Gasteiger partial charge is 0.313 e. The van der Waals surface area contributed by atoms with E-state index in [0.717, 1.165) is 10.0 Å². The first-order valence-corrected chi connectivity index (χ1v) is 7.97. The first-order chi connectivity index (χ1) is 10.4. The number of benzene rings is 1. The van der Waals surface area contributed by atoms with Gasteiger partial charge >= 0.3 is 5.97 Å². The largest absolute Gasteiger partial charge is 0.481 e. The number of hydrogen-bond donors (Lipinski definition) is 1. The third-order valence-corrected chi connectivity index (χ3v) is 5.03. The standard InChI is InChI=1S/C16H20BrNO4/c1-11-8-12(4-5-13(11)17)14(19)18-7-3-6-16(9-18,10-22-2)15(20)21/h4-5,8H,3,6-7,9-10H2,1-2H3,(H,20,21). The Balaban J connectivity index is 2.22. The minimum atomic E-state index is -1.01. The molecule has 0 spiro atoms. The molecule has 1 atom stereocenters. The van der Waals surface area contributed by atoms with E-state index in [1.807, 2.05) is 19.1 Å². The van der Waals surface area contributed by atoms with Gasteiger partial charge < -0.3 is 14.7 Å².